The lowest BCUT2D eigenvalue weighted by Crippen LogP contribution is -2.26. The third-order valence-corrected chi connectivity index (χ3v) is 7.47. The molecule has 0 radical (unpaired) electrons. The van der Waals surface area contributed by atoms with E-state index in [2.05, 4.69) is 35.9 Å². The molecule has 156 valence electrons. The van der Waals surface area contributed by atoms with Gasteiger partial charge in [0, 0.05) is 36.2 Å². The maximum Gasteiger partial charge on any atom is 0.335 e. The summed E-state index contributed by atoms with van der Waals surface area (Å²) in [5, 5.41) is 10.6. The van der Waals surface area contributed by atoms with Crippen LogP contribution in [0.25, 0.3) is 10.9 Å². The van der Waals surface area contributed by atoms with Crippen molar-refractivity contribution in [3.63, 3.8) is 0 Å². The van der Waals surface area contributed by atoms with Gasteiger partial charge in [0.1, 0.15) is 0 Å². The number of hydrogen-bond donors (Lipinski definition) is 2. The molecule has 3 aromatic rings. The molecule has 0 amide bonds. The molecule has 0 spiro atoms. The fourth-order valence-corrected chi connectivity index (χ4v) is 6.06. The molecule has 4 heteroatoms. The van der Waals surface area contributed by atoms with Crippen LogP contribution in [-0.2, 0) is 6.54 Å². The average Bonchev–Trinajstić information content (AvgIpc) is 3.36. The number of nitrogens with zero attached hydrogens (tertiary/aromatic N) is 1. The summed E-state index contributed by atoms with van der Waals surface area (Å²) >= 11 is 0. The molecule has 2 N–H and O–H groups in total. The van der Waals surface area contributed by atoms with Crippen LogP contribution in [0.3, 0.4) is 0 Å². The average molecular weight is 403 g/mol. The second-order valence-corrected chi connectivity index (χ2v) is 9.27. The molecule has 3 atom stereocenters. The number of aromatic nitrogens is 1. The first-order valence-corrected chi connectivity index (χ1v) is 11.2. The third kappa shape index (κ3) is 3.24. The van der Waals surface area contributed by atoms with E-state index < -0.39 is 5.97 Å². The molecular weight excluding hydrogens is 372 g/mol. The molecule has 0 unspecified atom stereocenters. The Labute approximate surface area is 177 Å². The number of carbonyl (C=O) groups is 1. The number of carboxylic acid groups (broad SMARTS) is 1. The highest BCUT2D eigenvalue weighted by atomic mass is 16.4. The van der Waals surface area contributed by atoms with E-state index in [0.29, 0.717) is 17.5 Å². The van der Waals surface area contributed by atoms with Gasteiger partial charge in [-0.05, 0) is 79.0 Å². The second-order valence-electron chi connectivity index (χ2n) is 9.27. The summed E-state index contributed by atoms with van der Waals surface area (Å²) in [7, 11) is 0. The first-order chi connectivity index (χ1) is 14.5. The Morgan fingerprint density at radius 3 is 2.63 bits per heavy atom. The van der Waals surface area contributed by atoms with Gasteiger partial charge in [-0.25, -0.2) is 4.79 Å². The maximum absolute atomic E-state index is 11.3. The number of aromatic amines is 1. The van der Waals surface area contributed by atoms with E-state index in [-0.39, 0.29) is 0 Å². The van der Waals surface area contributed by atoms with Gasteiger partial charge in [-0.15, -0.1) is 0 Å². The Balaban J connectivity index is 1.53. The number of H-pyrrole nitrogens is 1. The van der Waals surface area contributed by atoms with Gasteiger partial charge in [-0.1, -0.05) is 31.0 Å². The Hall–Kier alpha value is -2.59. The first-order valence-electron chi connectivity index (χ1n) is 11.2. The van der Waals surface area contributed by atoms with Gasteiger partial charge in [-0.3, -0.25) is 4.90 Å². The molecular formula is C26H30N2O2. The second kappa shape index (κ2) is 7.59. The van der Waals surface area contributed by atoms with Gasteiger partial charge < -0.3 is 10.1 Å². The Kier molecular flexibility index (Phi) is 4.90. The van der Waals surface area contributed by atoms with Gasteiger partial charge >= 0.3 is 5.97 Å². The van der Waals surface area contributed by atoms with Crippen molar-refractivity contribution in [2.75, 3.05) is 6.54 Å². The number of hydrogen-bond acceptors (Lipinski definition) is 2. The minimum absolute atomic E-state index is 0.368. The molecule has 1 aliphatic heterocycles. The summed E-state index contributed by atoms with van der Waals surface area (Å²) < 4.78 is 0. The number of nitrogens with one attached hydrogen (secondary N) is 1. The lowest BCUT2D eigenvalue weighted by molar-refractivity contribution is 0.0697. The number of likely N-dealkylation sites (tertiary alicyclic amines) is 1. The minimum atomic E-state index is -0.856. The van der Waals surface area contributed by atoms with Crippen LogP contribution >= 0.6 is 0 Å². The van der Waals surface area contributed by atoms with Crippen LogP contribution in [0.5, 0.6) is 0 Å². The summed E-state index contributed by atoms with van der Waals surface area (Å²) in [5.41, 5.74) is 6.95. The van der Waals surface area contributed by atoms with E-state index in [4.69, 9.17) is 0 Å². The predicted molar refractivity (Wildman–Crippen MR) is 120 cm³/mol. The molecule has 2 fully saturated rings. The Morgan fingerprint density at radius 1 is 1.10 bits per heavy atom. The van der Waals surface area contributed by atoms with E-state index >= 15 is 0 Å². The van der Waals surface area contributed by atoms with E-state index in [1.165, 1.54) is 58.8 Å². The molecule has 1 aliphatic carbocycles. The molecule has 0 bridgehead atoms. The van der Waals surface area contributed by atoms with Gasteiger partial charge in [0.25, 0.3) is 0 Å². The molecule has 1 aromatic heterocycles. The SMILES string of the molecule is Cc1cc(C)c2[nH]ccc2c1CN1C[C@@H]2CCCC[C@@H]2[C@H]1c1ccc(C(=O)O)cc1. The Bertz CT molecular complexity index is 1080. The molecule has 1 saturated carbocycles. The summed E-state index contributed by atoms with van der Waals surface area (Å²) in [6, 6.07) is 12.5. The van der Waals surface area contributed by atoms with Gasteiger partial charge in [0.2, 0.25) is 0 Å². The van der Waals surface area contributed by atoms with Crippen LogP contribution in [0.1, 0.15) is 64.3 Å². The number of aryl methyl sites for hydroxylation is 2. The Morgan fingerprint density at radius 2 is 1.87 bits per heavy atom. The normalized spacial score (nSPS) is 24.3. The topological polar surface area (TPSA) is 56.3 Å². The van der Waals surface area contributed by atoms with E-state index in [9.17, 15) is 9.90 Å². The molecule has 2 heterocycles. The molecule has 4 nitrogen and oxygen atoms in total. The van der Waals surface area contributed by atoms with Crippen LogP contribution in [0, 0.1) is 25.7 Å². The van der Waals surface area contributed by atoms with Crippen molar-refractivity contribution >= 4 is 16.9 Å². The summed E-state index contributed by atoms with van der Waals surface area (Å²) in [6.07, 6.45) is 7.29. The zero-order valence-electron chi connectivity index (χ0n) is 17.8. The smallest absolute Gasteiger partial charge is 0.335 e. The predicted octanol–water partition coefficient (Wildman–Crippen LogP) is 5.85. The van der Waals surface area contributed by atoms with Crippen molar-refractivity contribution < 1.29 is 9.90 Å². The number of carboxylic acids is 1. The highest BCUT2D eigenvalue weighted by Crippen LogP contribution is 2.48. The van der Waals surface area contributed by atoms with Crippen LogP contribution in [0.4, 0.5) is 0 Å². The lowest BCUT2D eigenvalue weighted by atomic mass is 9.77. The van der Waals surface area contributed by atoms with E-state index in [0.717, 1.165) is 19.0 Å². The fourth-order valence-electron chi connectivity index (χ4n) is 6.06. The molecule has 2 aliphatic rings. The van der Waals surface area contributed by atoms with Gasteiger partial charge in [0.05, 0.1) is 5.56 Å². The van der Waals surface area contributed by atoms with Crippen molar-refractivity contribution in [2.24, 2.45) is 11.8 Å². The molecule has 30 heavy (non-hydrogen) atoms. The van der Waals surface area contributed by atoms with Crippen molar-refractivity contribution in [2.45, 2.75) is 52.1 Å². The van der Waals surface area contributed by atoms with Crippen molar-refractivity contribution in [3.05, 3.63) is 70.4 Å². The first kappa shape index (κ1) is 19.4. The number of fused-ring (bicyclic) bond motifs is 2. The fraction of sp³-hybridized carbons (Fsp3) is 0.423. The van der Waals surface area contributed by atoms with Gasteiger partial charge in [-0.2, -0.15) is 0 Å². The van der Waals surface area contributed by atoms with Crippen LogP contribution in [0.2, 0.25) is 0 Å². The van der Waals surface area contributed by atoms with E-state index in [1.807, 2.05) is 18.3 Å². The van der Waals surface area contributed by atoms with Crippen LogP contribution in [0.15, 0.2) is 42.6 Å². The lowest BCUT2D eigenvalue weighted by Gasteiger charge is -2.31. The van der Waals surface area contributed by atoms with E-state index in [1.54, 1.807) is 12.1 Å². The standard InChI is InChI=1S/C26H30N2O2/c1-16-13-17(2)24-22(11-12-27-24)23(16)15-28-14-20-5-3-4-6-21(20)25(28)18-7-9-19(10-8-18)26(29)30/h7-13,20-21,25,27H,3-6,14-15H2,1-2H3,(H,29,30)/t20-,21-,25+/m0/s1. The molecule has 2 aromatic carbocycles. The zero-order chi connectivity index (χ0) is 20.8. The number of aromatic carboxylic acids is 1. The van der Waals surface area contributed by atoms with Gasteiger partial charge in [0.15, 0.2) is 0 Å². The zero-order valence-corrected chi connectivity index (χ0v) is 17.8. The largest absolute Gasteiger partial charge is 0.478 e. The molecule has 5 rings (SSSR count). The van der Waals surface area contributed by atoms with Crippen LogP contribution < -0.4 is 0 Å². The maximum atomic E-state index is 11.3. The molecule has 1 saturated heterocycles. The summed E-state index contributed by atoms with van der Waals surface area (Å²) in [5.74, 6) is 0.558. The minimum Gasteiger partial charge on any atom is -0.478 e. The number of rotatable bonds is 4. The number of benzene rings is 2. The quantitative estimate of drug-likeness (QED) is 0.576. The monoisotopic (exact) mass is 402 g/mol. The highest BCUT2D eigenvalue weighted by molar-refractivity contribution is 5.88. The third-order valence-electron chi connectivity index (χ3n) is 7.47. The highest BCUT2D eigenvalue weighted by Gasteiger charge is 2.43. The van der Waals surface area contributed by atoms with Crippen LogP contribution in [-0.4, -0.2) is 27.5 Å². The summed E-state index contributed by atoms with van der Waals surface area (Å²) in [4.78, 5) is 17.4. The summed E-state index contributed by atoms with van der Waals surface area (Å²) in [6.45, 7) is 6.48. The van der Waals surface area contributed by atoms with Crippen molar-refractivity contribution in [1.82, 2.24) is 9.88 Å². The van der Waals surface area contributed by atoms with Crippen molar-refractivity contribution in [3.8, 4) is 0 Å². The van der Waals surface area contributed by atoms with Crippen molar-refractivity contribution in [1.29, 1.82) is 0 Å².